The number of hydrogen-bond acceptors (Lipinski definition) is 4. The van der Waals surface area contributed by atoms with Gasteiger partial charge in [0.2, 0.25) is 0 Å². The van der Waals surface area contributed by atoms with Gasteiger partial charge in [0.05, 0.1) is 29.1 Å². The van der Waals surface area contributed by atoms with Crippen LogP contribution in [0.25, 0.3) is 28.0 Å². The molecule has 39 heavy (non-hydrogen) atoms. The molecule has 7 heteroatoms. The molecule has 0 aliphatic carbocycles. The van der Waals surface area contributed by atoms with Crippen LogP contribution in [0.4, 0.5) is 0 Å². The van der Waals surface area contributed by atoms with E-state index in [9.17, 15) is 4.79 Å². The molecule has 1 amide bonds. The highest BCUT2D eigenvalue weighted by molar-refractivity contribution is 6.33. The van der Waals surface area contributed by atoms with Crippen molar-refractivity contribution in [1.82, 2.24) is 19.2 Å². The molecule has 3 heterocycles. The Balaban J connectivity index is 1.31. The number of rotatable bonds is 6. The molecule has 6 rings (SSSR count). The first-order valence-electron chi connectivity index (χ1n) is 13.1. The maximum absolute atomic E-state index is 13.1. The summed E-state index contributed by atoms with van der Waals surface area (Å²) in [4.78, 5) is 22.4. The van der Waals surface area contributed by atoms with Crippen molar-refractivity contribution < 1.29 is 9.53 Å². The predicted octanol–water partition coefficient (Wildman–Crippen LogP) is 6.29. The Bertz CT molecular complexity index is 1620. The largest absolute Gasteiger partial charge is 0.497 e. The first-order valence-corrected chi connectivity index (χ1v) is 13.5. The molecule has 0 spiro atoms. The standard InChI is InChI=1S/C32H29ClN4O2/c1-39-26-11-7-10-24(20-26)31-29(37-21-25(14-15-30(37)34-31)23-8-3-2-4-9-23)22-35-16-18-36(19-17-35)32(38)27-12-5-6-13-28(27)33/h2-15,20-21H,16-19,22H2,1H3. The van der Waals surface area contributed by atoms with Crippen LogP contribution in [0.1, 0.15) is 16.1 Å². The summed E-state index contributed by atoms with van der Waals surface area (Å²) in [5.41, 5.74) is 6.82. The number of carbonyl (C=O) groups is 1. The van der Waals surface area contributed by atoms with Crippen LogP contribution in [-0.2, 0) is 6.54 Å². The van der Waals surface area contributed by atoms with E-state index in [4.69, 9.17) is 21.3 Å². The molecule has 0 saturated carbocycles. The van der Waals surface area contributed by atoms with Gasteiger partial charge in [-0.1, -0.05) is 66.2 Å². The summed E-state index contributed by atoms with van der Waals surface area (Å²) in [5.74, 6) is 0.784. The number of piperazine rings is 1. The van der Waals surface area contributed by atoms with Crippen LogP contribution in [0.15, 0.2) is 97.2 Å². The Morgan fingerprint density at radius 2 is 1.59 bits per heavy atom. The maximum atomic E-state index is 13.1. The van der Waals surface area contributed by atoms with Crippen LogP contribution in [0.5, 0.6) is 5.75 Å². The van der Waals surface area contributed by atoms with Gasteiger partial charge in [-0.05, 0) is 47.5 Å². The molecule has 0 unspecified atom stereocenters. The Hall–Kier alpha value is -4.13. The maximum Gasteiger partial charge on any atom is 0.255 e. The number of methoxy groups -OCH3 is 1. The van der Waals surface area contributed by atoms with Crippen molar-refractivity contribution in [2.75, 3.05) is 33.3 Å². The van der Waals surface area contributed by atoms with Gasteiger partial charge in [-0.3, -0.25) is 9.69 Å². The van der Waals surface area contributed by atoms with Crippen LogP contribution in [0, 0.1) is 0 Å². The molecular weight excluding hydrogens is 508 g/mol. The minimum Gasteiger partial charge on any atom is -0.497 e. The van der Waals surface area contributed by atoms with Crippen LogP contribution in [-0.4, -0.2) is 58.4 Å². The molecule has 1 aliphatic heterocycles. The molecule has 2 aromatic heterocycles. The average molecular weight is 537 g/mol. The lowest BCUT2D eigenvalue weighted by Gasteiger charge is -2.35. The number of carbonyl (C=O) groups excluding carboxylic acids is 1. The van der Waals surface area contributed by atoms with Crippen LogP contribution < -0.4 is 4.74 Å². The molecule has 1 fully saturated rings. The summed E-state index contributed by atoms with van der Waals surface area (Å²) in [6.07, 6.45) is 2.17. The number of aromatic nitrogens is 2. The molecule has 3 aromatic carbocycles. The number of halogens is 1. The van der Waals surface area contributed by atoms with Crippen molar-refractivity contribution in [3.63, 3.8) is 0 Å². The highest BCUT2D eigenvalue weighted by Gasteiger charge is 2.25. The Labute approximate surface area is 233 Å². The van der Waals surface area contributed by atoms with Crippen LogP contribution >= 0.6 is 11.6 Å². The zero-order chi connectivity index (χ0) is 26.8. The van der Waals surface area contributed by atoms with Crippen LogP contribution in [0.2, 0.25) is 5.02 Å². The number of imidazole rings is 1. The fourth-order valence-corrected chi connectivity index (χ4v) is 5.39. The molecule has 1 aliphatic rings. The fraction of sp³-hybridized carbons (Fsp3) is 0.188. The lowest BCUT2D eigenvalue weighted by molar-refractivity contribution is 0.0627. The topological polar surface area (TPSA) is 50.1 Å². The normalized spacial score (nSPS) is 14.1. The summed E-state index contributed by atoms with van der Waals surface area (Å²) >= 11 is 6.30. The second-order valence-corrected chi connectivity index (χ2v) is 10.1. The molecular formula is C32H29ClN4O2. The van der Waals surface area contributed by atoms with Gasteiger partial charge in [0, 0.05) is 44.5 Å². The van der Waals surface area contributed by atoms with Crippen molar-refractivity contribution in [2.45, 2.75) is 6.54 Å². The van der Waals surface area contributed by atoms with Gasteiger partial charge in [-0.2, -0.15) is 0 Å². The summed E-state index contributed by atoms with van der Waals surface area (Å²) < 4.78 is 7.71. The second-order valence-electron chi connectivity index (χ2n) is 9.70. The van der Waals surface area contributed by atoms with Crippen molar-refractivity contribution in [2.24, 2.45) is 0 Å². The van der Waals surface area contributed by atoms with Crippen LogP contribution in [0.3, 0.4) is 0 Å². The Morgan fingerprint density at radius 3 is 2.36 bits per heavy atom. The molecule has 5 aromatic rings. The number of amides is 1. The lowest BCUT2D eigenvalue weighted by Crippen LogP contribution is -2.48. The average Bonchev–Trinajstić information content (AvgIpc) is 3.35. The highest BCUT2D eigenvalue weighted by Crippen LogP contribution is 2.30. The number of fused-ring (bicyclic) bond motifs is 1. The van der Waals surface area contributed by atoms with Crippen molar-refractivity contribution >= 4 is 23.2 Å². The van der Waals surface area contributed by atoms with Crippen molar-refractivity contribution in [3.8, 4) is 28.1 Å². The monoisotopic (exact) mass is 536 g/mol. The van der Waals surface area contributed by atoms with Gasteiger partial charge >= 0.3 is 0 Å². The van der Waals surface area contributed by atoms with E-state index in [1.54, 1.807) is 19.2 Å². The van der Waals surface area contributed by atoms with Gasteiger partial charge in [-0.15, -0.1) is 0 Å². The van der Waals surface area contributed by atoms with E-state index in [1.165, 1.54) is 0 Å². The summed E-state index contributed by atoms with van der Waals surface area (Å²) in [6.45, 7) is 3.52. The number of ether oxygens (including phenoxy) is 1. The molecule has 1 saturated heterocycles. The van der Waals surface area contributed by atoms with E-state index < -0.39 is 0 Å². The van der Waals surface area contributed by atoms with Gasteiger partial charge in [0.25, 0.3) is 5.91 Å². The number of benzene rings is 3. The molecule has 0 bridgehead atoms. The minimum atomic E-state index is -0.0142. The molecule has 0 N–H and O–H groups in total. The molecule has 0 radical (unpaired) electrons. The van der Waals surface area contributed by atoms with E-state index in [2.05, 4.69) is 58.0 Å². The van der Waals surface area contributed by atoms with E-state index in [0.717, 1.165) is 52.6 Å². The van der Waals surface area contributed by atoms with E-state index in [1.807, 2.05) is 41.3 Å². The van der Waals surface area contributed by atoms with Crippen molar-refractivity contribution in [1.29, 1.82) is 0 Å². The smallest absolute Gasteiger partial charge is 0.255 e. The van der Waals surface area contributed by atoms with Gasteiger partial charge in [0.15, 0.2) is 0 Å². The zero-order valence-corrected chi connectivity index (χ0v) is 22.5. The van der Waals surface area contributed by atoms with Gasteiger partial charge < -0.3 is 14.0 Å². The molecule has 0 atom stereocenters. The minimum absolute atomic E-state index is 0.0142. The summed E-state index contributed by atoms with van der Waals surface area (Å²) in [7, 11) is 1.68. The fourth-order valence-electron chi connectivity index (χ4n) is 5.17. The third-order valence-electron chi connectivity index (χ3n) is 7.30. The second kappa shape index (κ2) is 10.9. The Kier molecular flexibility index (Phi) is 7.05. The lowest BCUT2D eigenvalue weighted by atomic mass is 10.1. The van der Waals surface area contributed by atoms with Gasteiger partial charge in [0.1, 0.15) is 11.4 Å². The summed E-state index contributed by atoms with van der Waals surface area (Å²) in [5, 5.41) is 0.493. The molecule has 196 valence electrons. The number of nitrogens with zero attached hydrogens (tertiary/aromatic N) is 4. The summed E-state index contributed by atoms with van der Waals surface area (Å²) in [6, 6.07) is 29.9. The third kappa shape index (κ3) is 5.13. The quantitative estimate of drug-likeness (QED) is 0.256. The SMILES string of the molecule is COc1cccc(-c2nc3ccc(-c4ccccc4)cn3c2CN2CCN(C(=O)c3ccccc3Cl)CC2)c1. The van der Waals surface area contributed by atoms with E-state index in [-0.39, 0.29) is 5.91 Å². The number of hydrogen-bond donors (Lipinski definition) is 0. The third-order valence-corrected chi connectivity index (χ3v) is 7.63. The predicted molar refractivity (Wildman–Crippen MR) is 155 cm³/mol. The van der Waals surface area contributed by atoms with Gasteiger partial charge in [-0.25, -0.2) is 4.98 Å². The van der Waals surface area contributed by atoms with Crippen molar-refractivity contribution in [3.05, 3.63) is 113 Å². The van der Waals surface area contributed by atoms with E-state index in [0.29, 0.717) is 30.2 Å². The zero-order valence-electron chi connectivity index (χ0n) is 21.8. The molecule has 6 nitrogen and oxygen atoms in total. The highest BCUT2D eigenvalue weighted by atomic mass is 35.5. The first-order chi connectivity index (χ1) is 19.1. The number of pyridine rings is 1. The Morgan fingerprint density at radius 1 is 0.846 bits per heavy atom. The van der Waals surface area contributed by atoms with E-state index >= 15 is 0 Å². The first kappa shape index (κ1) is 25.2.